The average molecular weight is 432 g/mol. The number of fused-ring (bicyclic) bond motifs is 1. The lowest BCUT2D eigenvalue weighted by Gasteiger charge is -2.20. The Hall–Kier alpha value is -2.74. The Kier molecular flexibility index (Phi) is 5.36. The van der Waals surface area contributed by atoms with E-state index in [9.17, 15) is 13.2 Å². The van der Waals surface area contributed by atoms with Crippen LogP contribution in [0.25, 0.3) is 0 Å². The number of anilines is 1. The summed E-state index contributed by atoms with van der Waals surface area (Å²) in [4.78, 5) is 12.4. The maximum absolute atomic E-state index is 13.4. The van der Waals surface area contributed by atoms with Crippen LogP contribution in [0.1, 0.15) is 24.8 Å². The highest BCUT2D eigenvalue weighted by molar-refractivity contribution is 7.92. The molecular formula is C22H25NO6S. The van der Waals surface area contributed by atoms with E-state index in [1.807, 2.05) is 6.07 Å². The molecule has 1 fully saturated rings. The Morgan fingerprint density at radius 3 is 2.37 bits per heavy atom. The van der Waals surface area contributed by atoms with Crippen molar-refractivity contribution >= 4 is 21.7 Å². The van der Waals surface area contributed by atoms with E-state index in [2.05, 4.69) is 0 Å². The molecule has 0 amide bonds. The van der Waals surface area contributed by atoms with Gasteiger partial charge in [0.05, 0.1) is 37.3 Å². The van der Waals surface area contributed by atoms with Gasteiger partial charge in [-0.3, -0.25) is 9.10 Å². The van der Waals surface area contributed by atoms with Gasteiger partial charge < -0.3 is 14.2 Å². The van der Waals surface area contributed by atoms with Crippen molar-refractivity contribution in [1.82, 2.24) is 0 Å². The average Bonchev–Trinajstić information content (AvgIpc) is 3.46. The van der Waals surface area contributed by atoms with Crippen molar-refractivity contribution in [2.24, 2.45) is 11.8 Å². The van der Waals surface area contributed by atoms with E-state index in [0.717, 1.165) is 5.56 Å². The minimum absolute atomic E-state index is 0.0611. The van der Waals surface area contributed by atoms with Crippen LogP contribution in [0.3, 0.4) is 0 Å². The highest BCUT2D eigenvalue weighted by Gasteiger charge is 2.53. The van der Waals surface area contributed by atoms with E-state index in [4.69, 9.17) is 14.2 Å². The van der Waals surface area contributed by atoms with Crippen molar-refractivity contribution in [2.75, 3.05) is 31.7 Å². The fourth-order valence-electron chi connectivity index (χ4n) is 4.21. The predicted molar refractivity (Wildman–Crippen MR) is 111 cm³/mol. The number of sulfonamides is 1. The van der Waals surface area contributed by atoms with Gasteiger partial charge in [0.2, 0.25) is 0 Å². The van der Waals surface area contributed by atoms with Crippen LogP contribution in [0.4, 0.5) is 5.69 Å². The Labute approximate surface area is 176 Å². The first-order valence-electron chi connectivity index (χ1n) is 9.92. The summed E-state index contributed by atoms with van der Waals surface area (Å²) >= 11 is 0. The number of rotatable bonds is 7. The molecule has 8 heteroatoms. The molecule has 0 spiro atoms. The molecule has 2 aliphatic rings. The van der Waals surface area contributed by atoms with E-state index < -0.39 is 10.0 Å². The number of hydrogen-bond donors (Lipinski definition) is 0. The summed E-state index contributed by atoms with van der Waals surface area (Å²) in [6, 6.07) is 11.8. The van der Waals surface area contributed by atoms with Crippen molar-refractivity contribution in [1.29, 1.82) is 0 Å². The van der Waals surface area contributed by atoms with Crippen LogP contribution in [-0.2, 0) is 19.6 Å². The molecule has 0 bridgehead atoms. The second kappa shape index (κ2) is 7.83. The molecule has 1 aliphatic carbocycles. The fourth-order valence-corrected chi connectivity index (χ4v) is 5.72. The topological polar surface area (TPSA) is 82.1 Å². The molecule has 0 saturated heterocycles. The van der Waals surface area contributed by atoms with Gasteiger partial charge in [0.25, 0.3) is 10.0 Å². The van der Waals surface area contributed by atoms with Crippen molar-refractivity contribution in [2.45, 2.75) is 24.2 Å². The summed E-state index contributed by atoms with van der Waals surface area (Å²) in [5.41, 5.74) is 1.52. The number of methoxy groups -OCH3 is 2. The van der Waals surface area contributed by atoms with E-state index in [-0.39, 0.29) is 35.2 Å². The molecule has 0 N–H and O–H groups in total. The van der Waals surface area contributed by atoms with E-state index in [1.165, 1.54) is 11.4 Å². The lowest BCUT2D eigenvalue weighted by atomic mass is 9.95. The summed E-state index contributed by atoms with van der Waals surface area (Å²) in [6.07, 6.45) is 0.705. The molecule has 3 unspecified atom stereocenters. The number of esters is 1. The van der Waals surface area contributed by atoms with Crippen LogP contribution in [0.2, 0.25) is 0 Å². The molecule has 1 saturated carbocycles. The smallest absolute Gasteiger partial charge is 0.309 e. The molecule has 1 aliphatic heterocycles. The zero-order chi connectivity index (χ0) is 21.5. The number of benzene rings is 2. The van der Waals surface area contributed by atoms with Crippen LogP contribution in [-0.4, -0.2) is 41.8 Å². The zero-order valence-corrected chi connectivity index (χ0v) is 18.0. The van der Waals surface area contributed by atoms with E-state index in [1.54, 1.807) is 50.4 Å². The lowest BCUT2D eigenvalue weighted by Crippen LogP contribution is -2.30. The number of nitrogens with zero attached hydrogens (tertiary/aromatic N) is 1. The van der Waals surface area contributed by atoms with Gasteiger partial charge in [-0.15, -0.1) is 0 Å². The maximum atomic E-state index is 13.4. The second-order valence-electron chi connectivity index (χ2n) is 7.50. The first-order chi connectivity index (χ1) is 14.4. The second-order valence-corrected chi connectivity index (χ2v) is 9.36. The molecule has 7 nitrogen and oxygen atoms in total. The summed E-state index contributed by atoms with van der Waals surface area (Å²) in [7, 11) is -0.647. The largest absolute Gasteiger partial charge is 0.497 e. The van der Waals surface area contributed by atoms with Crippen LogP contribution in [0.5, 0.6) is 11.5 Å². The Morgan fingerprint density at radius 1 is 1.07 bits per heavy atom. The minimum atomic E-state index is -3.76. The molecule has 2 aromatic carbocycles. The lowest BCUT2D eigenvalue weighted by molar-refractivity contribution is -0.145. The first-order valence-corrected chi connectivity index (χ1v) is 11.4. The predicted octanol–water partition coefficient (Wildman–Crippen LogP) is 3.20. The Balaban J connectivity index is 1.68. The number of carbonyl (C=O) groups excluding carboxylic acids is 1. The zero-order valence-electron chi connectivity index (χ0n) is 17.2. The number of ether oxygens (including phenoxy) is 3. The minimum Gasteiger partial charge on any atom is -0.497 e. The van der Waals surface area contributed by atoms with Gasteiger partial charge in [-0.1, -0.05) is 0 Å². The summed E-state index contributed by atoms with van der Waals surface area (Å²) < 4.78 is 43.9. The maximum Gasteiger partial charge on any atom is 0.309 e. The van der Waals surface area contributed by atoms with E-state index >= 15 is 0 Å². The van der Waals surface area contributed by atoms with Gasteiger partial charge in [0.15, 0.2) is 0 Å². The van der Waals surface area contributed by atoms with Gasteiger partial charge in [-0.05, 0) is 67.3 Å². The molecule has 2 aromatic rings. The van der Waals surface area contributed by atoms with Gasteiger partial charge in [0, 0.05) is 12.5 Å². The molecule has 160 valence electrons. The van der Waals surface area contributed by atoms with Crippen molar-refractivity contribution in [3.8, 4) is 11.5 Å². The highest BCUT2D eigenvalue weighted by atomic mass is 32.2. The van der Waals surface area contributed by atoms with Gasteiger partial charge in [0.1, 0.15) is 11.5 Å². The molecular weight excluding hydrogens is 406 g/mol. The quantitative estimate of drug-likeness (QED) is 0.626. The standard InChI is InChI=1S/C22H25NO6S/c1-4-29-22(24)19-12-17(19)20-13-23(21-10-7-15(28-3)11-18(20)21)30(25,26)16-8-5-14(27-2)6-9-16/h5-11,17,19-20H,4,12-13H2,1-3H3. The van der Waals surface area contributed by atoms with Gasteiger partial charge >= 0.3 is 5.97 Å². The first kappa shape index (κ1) is 20.5. The van der Waals surface area contributed by atoms with Crippen molar-refractivity contribution in [3.63, 3.8) is 0 Å². The number of hydrogen-bond acceptors (Lipinski definition) is 6. The van der Waals surface area contributed by atoms with Crippen LogP contribution >= 0.6 is 0 Å². The van der Waals surface area contributed by atoms with Crippen molar-refractivity contribution in [3.05, 3.63) is 48.0 Å². The summed E-state index contributed by atoms with van der Waals surface area (Å²) in [5.74, 6) is 0.842. The molecule has 0 aromatic heterocycles. The highest BCUT2D eigenvalue weighted by Crippen LogP contribution is 2.55. The third kappa shape index (κ3) is 3.49. The van der Waals surface area contributed by atoms with Crippen LogP contribution in [0, 0.1) is 11.8 Å². The van der Waals surface area contributed by atoms with Crippen LogP contribution in [0.15, 0.2) is 47.4 Å². The monoisotopic (exact) mass is 431 g/mol. The third-order valence-electron chi connectivity index (χ3n) is 5.86. The molecule has 4 rings (SSSR count). The van der Waals surface area contributed by atoms with E-state index in [0.29, 0.717) is 30.2 Å². The molecule has 1 heterocycles. The van der Waals surface area contributed by atoms with Gasteiger partial charge in [-0.25, -0.2) is 8.42 Å². The third-order valence-corrected chi connectivity index (χ3v) is 7.65. The number of carbonyl (C=O) groups is 1. The molecule has 3 atom stereocenters. The summed E-state index contributed by atoms with van der Waals surface area (Å²) in [5, 5.41) is 0. The van der Waals surface area contributed by atoms with Crippen LogP contribution < -0.4 is 13.8 Å². The SMILES string of the molecule is CCOC(=O)C1CC1C1CN(S(=O)(=O)c2ccc(OC)cc2)c2ccc(OC)cc21. The Bertz CT molecular complexity index is 1050. The fraction of sp³-hybridized carbons (Fsp3) is 0.409. The van der Waals surface area contributed by atoms with Crippen molar-refractivity contribution < 1.29 is 27.4 Å². The Morgan fingerprint density at radius 2 is 1.73 bits per heavy atom. The van der Waals surface area contributed by atoms with Gasteiger partial charge in [-0.2, -0.15) is 0 Å². The summed E-state index contributed by atoms with van der Waals surface area (Å²) in [6.45, 7) is 2.42. The molecule has 0 radical (unpaired) electrons. The normalized spacial score (nSPS) is 22.4. The molecule has 30 heavy (non-hydrogen) atoms.